The average Bonchev–Trinajstić information content (AvgIpc) is 2.46. The van der Waals surface area contributed by atoms with Crippen molar-refractivity contribution in [1.29, 1.82) is 0 Å². The fourth-order valence-corrected chi connectivity index (χ4v) is 1.89. The largest absolute Gasteiger partial charge is 0.481 e. The number of carbonyl (C=O) groups is 1. The second-order valence-corrected chi connectivity index (χ2v) is 3.39. The van der Waals surface area contributed by atoms with Crippen molar-refractivity contribution in [2.75, 3.05) is 5.73 Å². The lowest BCUT2D eigenvalue weighted by Crippen LogP contribution is -2.07. The third kappa shape index (κ3) is 1.26. The molecule has 1 aromatic carbocycles. The van der Waals surface area contributed by atoms with Crippen molar-refractivity contribution in [3.63, 3.8) is 0 Å². The predicted molar refractivity (Wildman–Crippen MR) is 49.6 cm³/mol. The summed E-state index contributed by atoms with van der Waals surface area (Å²) >= 11 is 0. The zero-order valence-electron chi connectivity index (χ0n) is 7.16. The molecule has 0 radical (unpaired) electrons. The van der Waals surface area contributed by atoms with E-state index < -0.39 is 5.97 Å². The summed E-state index contributed by atoms with van der Waals surface area (Å²) < 4.78 is 0. The van der Waals surface area contributed by atoms with Gasteiger partial charge in [0.05, 0.1) is 5.92 Å². The molecule has 1 aliphatic rings. The predicted octanol–water partition coefficient (Wildman–Crippen LogP) is 1.38. The fourth-order valence-electron chi connectivity index (χ4n) is 1.89. The maximum absolute atomic E-state index is 10.8. The molecule has 3 N–H and O–H groups in total. The molecule has 1 aromatic rings. The Bertz CT molecular complexity index is 360. The molecule has 0 aromatic heterocycles. The maximum atomic E-state index is 10.8. The van der Waals surface area contributed by atoms with Crippen LogP contribution in [0.4, 0.5) is 5.69 Å². The lowest BCUT2D eigenvalue weighted by molar-refractivity contribution is -0.138. The number of nitrogens with two attached hydrogens (primary N) is 1. The van der Waals surface area contributed by atoms with Gasteiger partial charge in [-0.15, -0.1) is 0 Å². The summed E-state index contributed by atoms with van der Waals surface area (Å²) in [7, 11) is 0. The summed E-state index contributed by atoms with van der Waals surface area (Å²) in [6, 6.07) is 5.47. The van der Waals surface area contributed by atoms with E-state index in [1.165, 1.54) is 0 Å². The SMILES string of the molecule is Nc1ccc2c(c1)CCC2C(=O)O. The summed E-state index contributed by atoms with van der Waals surface area (Å²) in [5, 5.41) is 8.90. The van der Waals surface area contributed by atoms with Crippen LogP contribution in [0.3, 0.4) is 0 Å². The van der Waals surface area contributed by atoms with Crippen LogP contribution in [-0.4, -0.2) is 11.1 Å². The first-order valence-electron chi connectivity index (χ1n) is 4.29. The Balaban J connectivity index is 2.44. The number of aliphatic carboxylic acids is 1. The van der Waals surface area contributed by atoms with E-state index in [1.54, 1.807) is 6.07 Å². The van der Waals surface area contributed by atoms with Crippen LogP contribution in [0, 0.1) is 0 Å². The minimum Gasteiger partial charge on any atom is -0.481 e. The van der Waals surface area contributed by atoms with Crippen molar-refractivity contribution in [1.82, 2.24) is 0 Å². The first-order chi connectivity index (χ1) is 6.18. The van der Waals surface area contributed by atoms with Gasteiger partial charge in [0.25, 0.3) is 0 Å². The van der Waals surface area contributed by atoms with Crippen molar-refractivity contribution in [2.24, 2.45) is 0 Å². The Kier molecular flexibility index (Phi) is 1.72. The van der Waals surface area contributed by atoms with Gasteiger partial charge in [-0.2, -0.15) is 0 Å². The van der Waals surface area contributed by atoms with Crippen LogP contribution in [0.2, 0.25) is 0 Å². The van der Waals surface area contributed by atoms with Crippen molar-refractivity contribution in [2.45, 2.75) is 18.8 Å². The summed E-state index contributed by atoms with van der Waals surface area (Å²) in [4.78, 5) is 10.8. The van der Waals surface area contributed by atoms with E-state index >= 15 is 0 Å². The van der Waals surface area contributed by atoms with Crippen LogP contribution in [-0.2, 0) is 11.2 Å². The lowest BCUT2D eigenvalue weighted by Gasteiger charge is -2.05. The summed E-state index contributed by atoms with van der Waals surface area (Å²) in [6.45, 7) is 0. The van der Waals surface area contributed by atoms with Crippen LogP contribution in [0.5, 0.6) is 0 Å². The molecule has 1 unspecified atom stereocenters. The molecule has 2 rings (SSSR count). The molecule has 13 heavy (non-hydrogen) atoms. The molecule has 0 fully saturated rings. The summed E-state index contributed by atoms with van der Waals surface area (Å²) in [5.74, 6) is -1.06. The van der Waals surface area contributed by atoms with E-state index in [0.717, 1.165) is 17.5 Å². The number of carboxylic acids is 1. The number of anilines is 1. The minimum atomic E-state index is -0.733. The van der Waals surface area contributed by atoms with Crippen LogP contribution >= 0.6 is 0 Å². The third-order valence-electron chi connectivity index (χ3n) is 2.54. The van der Waals surface area contributed by atoms with Crippen molar-refractivity contribution < 1.29 is 9.90 Å². The van der Waals surface area contributed by atoms with Crippen LogP contribution < -0.4 is 5.73 Å². The van der Waals surface area contributed by atoms with E-state index in [9.17, 15) is 4.79 Å². The molecule has 68 valence electrons. The number of hydrogen-bond acceptors (Lipinski definition) is 2. The molecule has 3 heteroatoms. The van der Waals surface area contributed by atoms with Gasteiger partial charge >= 0.3 is 5.97 Å². The van der Waals surface area contributed by atoms with E-state index in [1.807, 2.05) is 12.1 Å². The lowest BCUT2D eigenvalue weighted by atomic mass is 10.0. The van der Waals surface area contributed by atoms with Gasteiger partial charge in [0.1, 0.15) is 0 Å². The molecule has 0 bridgehead atoms. The van der Waals surface area contributed by atoms with Crippen LogP contribution in [0.15, 0.2) is 18.2 Å². The number of hydrogen-bond donors (Lipinski definition) is 2. The van der Waals surface area contributed by atoms with E-state index in [-0.39, 0.29) is 5.92 Å². The van der Waals surface area contributed by atoms with Crippen molar-refractivity contribution in [3.8, 4) is 0 Å². The van der Waals surface area contributed by atoms with Gasteiger partial charge in [-0.1, -0.05) is 6.07 Å². The maximum Gasteiger partial charge on any atom is 0.310 e. The first kappa shape index (κ1) is 8.10. The van der Waals surface area contributed by atoms with Crippen molar-refractivity contribution >= 4 is 11.7 Å². The van der Waals surface area contributed by atoms with Gasteiger partial charge < -0.3 is 10.8 Å². The number of rotatable bonds is 1. The second kappa shape index (κ2) is 2.76. The normalized spacial score (nSPS) is 19.8. The minimum absolute atomic E-state index is 0.324. The zero-order valence-corrected chi connectivity index (χ0v) is 7.16. The Morgan fingerprint density at radius 1 is 1.54 bits per heavy atom. The smallest absolute Gasteiger partial charge is 0.310 e. The summed E-state index contributed by atoms with van der Waals surface area (Å²) in [5.41, 5.74) is 8.34. The second-order valence-electron chi connectivity index (χ2n) is 3.39. The van der Waals surface area contributed by atoms with Gasteiger partial charge in [-0.05, 0) is 36.1 Å². The highest BCUT2D eigenvalue weighted by molar-refractivity contribution is 5.78. The number of fused-ring (bicyclic) bond motifs is 1. The van der Waals surface area contributed by atoms with E-state index in [0.29, 0.717) is 12.1 Å². The highest BCUT2D eigenvalue weighted by Gasteiger charge is 2.27. The molecule has 0 aliphatic heterocycles. The highest BCUT2D eigenvalue weighted by atomic mass is 16.4. The molecular weight excluding hydrogens is 166 g/mol. The Morgan fingerprint density at radius 3 is 3.00 bits per heavy atom. The quantitative estimate of drug-likeness (QED) is 0.637. The average molecular weight is 177 g/mol. The van der Waals surface area contributed by atoms with Crippen LogP contribution in [0.1, 0.15) is 23.5 Å². The van der Waals surface area contributed by atoms with Crippen molar-refractivity contribution in [3.05, 3.63) is 29.3 Å². The van der Waals surface area contributed by atoms with Gasteiger partial charge in [0.15, 0.2) is 0 Å². The molecule has 0 saturated carbocycles. The monoisotopic (exact) mass is 177 g/mol. The van der Waals surface area contributed by atoms with Gasteiger partial charge in [-0.3, -0.25) is 4.79 Å². The Hall–Kier alpha value is -1.51. The Morgan fingerprint density at radius 2 is 2.31 bits per heavy atom. The Labute approximate surface area is 76.2 Å². The summed E-state index contributed by atoms with van der Waals surface area (Å²) in [6.07, 6.45) is 1.53. The number of carboxylic acid groups (broad SMARTS) is 1. The van der Waals surface area contributed by atoms with Gasteiger partial charge in [0, 0.05) is 5.69 Å². The highest BCUT2D eigenvalue weighted by Crippen LogP contribution is 2.34. The number of aryl methyl sites for hydroxylation is 1. The first-order valence-corrected chi connectivity index (χ1v) is 4.29. The molecule has 1 aliphatic carbocycles. The molecule has 3 nitrogen and oxygen atoms in total. The van der Waals surface area contributed by atoms with Gasteiger partial charge in [-0.25, -0.2) is 0 Å². The number of benzene rings is 1. The molecule has 0 saturated heterocycles. The topological polar surface area (TPSA) is 63.3 Å². The molecular formula is C10H11NO2. The zero-order chi connectivity index (χ0) is 9.42. The molecule has 0 heterocycles. The number of nitrogen functional groups attached to an aromatic ring is 1. The van der Waals surface area contributed by atoms with Crippen LogP contribution in [0.25, 0.3) is 0 Å². The van der Waals surface area contributed by atoms with E-state index in [2.05, 4.69) is 0 Å². The fraction of sp³-hybridized carbons (Fsp3) is 0.300. The van der Waals surface area contributed by atoms with Gasteiger partial charge in [0.2, 0.25) is 0 Å². The van der Waals surface area contributed by atoms with E-state index in [4.69, 9.17) is 10.8 Å². The molecule has 0 spiro atoms. The molecule has 0 amide bonds. The molecule has 1 atom stereocenters. The standard InChI is InChI=1S/C10H11NO2/c11-7-2-4-8-6(5-7)1-3-9(8)10(12)13/h2,4-5,9H,1,3,11H2,(H,12,13). The third-order valence-corrected chi connectivity index (χ3v) is 2.54.